The number of hydrogen-bond acceptors (Lipinski definition) is 3. The molecule has 0 unspecified atom stereocenters. The highest BCUT2D eigenvalue weighted by Crippen LogP contribution is 2.29. The van der Waals surface area contributed by atoms with Crippen molar-refractivity contribution in [3.63, 3.8) is 0 Å². The molecule has 120 valence electrons. The molecule has 0 amide bonds. The van der Waals surface area contributed by atoms with Crippen LogP contribution in [-0.4, -0.2) is 24.9 Å². The highest BCUT2D eigenvalue weighted by molar-refractivity contribution is 6.32. The molecule has 0 aliphatic rings. The van der Waals surface area contributed by atoms with Gasteiger partial charge in [-0.15, -0.1) is 0 Å². The lowest BCUT2D eigenvalue weighted by atomic mass is 10.1. The van der Waals surface area contributed by atoms with Gasteiger partial charge in [0.25, 0.3) is 0 Å². The number of hydrogen-bond donors (Lipinski definition) is 1. The predicted octanol–water partition coefficient (Wildman–Crippen LogP) is 4.42. The van der Waals surface area contributed by atoms with Crippen molar-refractivity contribution in [2.45, 2.75) is 58.7 Å². The van der Waals surface area contributed by atoms with Crippen molar-refractivity contribution in [3.05, 3.63) is 28.8 Å². The molecule has 0 saturated carbocycles. The first-order valence-electron chi connectivity index (χ1n) is 7.35. The minimum Gasteiger partial charge on any atom is -0.492 e. The van der Waals surface area contributed by atoms with Gasteiger partial charge in [-0.05, 0) is 40.7 Å². The van der Waals surface area contributed by atoms with E-state index in [9.17, 15) is 0 Å². The summed E-state index contributed by atoms with van der Waals surface area (Å²) in [6, 6.07) is 5.86. The zero-order chi connectivity index (χ0) is 16.1. The van der Waals surface area contributed by atoms with E-state index in [0.717, 1.165) is 24.3 Å². The molecule has 1 rings (SSSR count). The molecule has 1 aromatic rings. The molecular formula is C17H28ClNO2. The summed E-state index contributed by atoms with van der Waals surface area (Å²) in [4.78, 5) is 0. The average molecular weight is 314 g/mol. The van der Waals surface area contributed by atoms with Crippen LogP contribution in [0.5, 0.6) is 5.75 Å². The third kappa shape index (κ3) is 6.68. The van der Waals surface area contributed by atoms with E-state index in [2.05, 4.69) is 26.1 Å². The van der Waals surface area contributed by atoms with Crippen LogP contribution in [0.1, 0.15) is 46.6 Å². The van der Waals surface area contributed by atoms with Crippen LogP contribution in [0.2, 0.25) is 5.02 Å². The summed E-state index contributed by atoms with van der Waals surface area (Å²) in [7, 11) is 1.72. The van der Waals surface area contributed by atoms with Crippen molar-refractivity contribution in [2.75, 3.05) is 13.7 Å². The number of nitrogens with one attached hydrogen (secondary N) is 1. The van der Waals surface area contributed by atoms with E-state index in [0.29, 0.717) is 11.6 Å². The second-order valence-electron chi connectivity index (χ2n) is 6.89. The first-order valence-corrected chi connectivity index (χ1v) is 7.73. The van der Waals surface area contributed by atoms with Crippen LogP contribution < -0.4 is 10.1 Å². The average Bonchev–Trinajstić information content (AvgIpc) is 2.38. The van der Waals surface area contributed by atoms with Crippen molar-refractivity contribution in [2.24, 2.45) is 0 Å². The van der Waals surface area contributed by atoms with Crippen molar-refractivity contribution in [1.82, 2.24) is 5.32 Å². The van der Waals surface area contributed by atoms with E-state index in [4.69, 9.17) is 21.1 Å². The maximum absolute atomic E-state index is 6.28. The topological polar surface area (TPSA) is 30.5 Å². The van der Waals surface area contributed by atoms with Crippen LogP contribution in [0.15, 0.2) is 18.2 Å². The summed E-state index contributed by atoms with van der Waals surface area (Å²) in [5, 5.41) is 4.11. The lowest BCUT2D eigenvalue weighted by Gasteiger charge is -2.24. The Bertz CT molecular complexity index is 453. The molecule has 0 bridgehead atoms. The second kappa shape index (κ2) is 7.48. The number of methoxy groups -OCH3 is 1. The van der Waals surface area contributed by atoms with E-state index in [1.54, 1.807) is 7.11 Å². The largest absolute Gasteiger partial charge is 0.492 e. The quantitative estimate of drug-likeness (QED) is 0.808. The molecule has 0 fully saturated rings. The Hall–Kier alpha value is -0.770. The molecule has 0 atom stereocenters. The molecule has 0 aliphatic carbocycles. The fraction of sp³-hybridized carbons (Fsp3) is 0.647. The standard InChI is InChI=1S/C17H28ClNO2/c1-16(2,3)19-12-13-8-7-9-14(18)15(13)21-11-10-17(4,5)20-6/h7-9,19H,10-12H2,1-6H3. The van der Waals surface area contributed by atoms with Gasteiger partial charge in [0.05, 0.1) is 17.2 Å². The van der Waals surface area contributed by atoms with Gasteiger partial charge in [-0.3, -0.25) is 0 Å². The minimum absolute atomic E-state index is 0.0532. The lowest BCUT2D eigenvalue weighted by molar-refractivity contribution is 0.00537. The van der Waals surface area contributed by atoms with E-state index in [1.165, 1.54) is 0 Å². The van der Waals surface area contributed by atoms with Crippen molar-refractivity contribution < 1.29 is 9.47 Å². The molecule has 0 spiro atoms. The molecule has 3 nitrogen and oxygen atoms in total. The van der Waals surface area contributed by atoms with Gasteiger partial charge in [-0.25, -0.2) is 0 Å². The number of benzene rings is 1. The van der Waals surface area contributed by atoms with Crippen LogP contribution in [-0.2, 0) is 11.3 Å². The maximum atomic E-state index is 6.28. The molecular weight excluding hydrogens is 286 g/mol. The predicted molar refractivity (Wildman–Crippen MR) is 89.2 cm³/mol. The van der Waals surface area contributed by atoms with Gasteiger partial charge in [-0.2, -0.15) is 0 Å². The molecule has 0 heterocycles. The third-order valence-electron chi connectivity index (χ3n) is 3.36. The van der Waals surface area contributed by atoms with Gasteiger partial charge >= 0.3 is 0 Å². The van der Waals surface area contributed by atoms with E-state index in [-0.39, 0.29) is 11.1 Å². The Kier molecular flexibility index (Phi) is 6.51. The Morgan fingerprint density at radius 3 is 2.38 bits per heavy atom. The second-order valence-corrected chi connectivity index (χ2v) is 7.30. The van der Waals surface area contributed by atoms with E-state index >= 15 is 0 Å². The Balaban J connectivity index is 2.72. The van der Waals surface area contributed by atoms with Crippen LogP contribution in [0.25, 0.3) is 0 Å². The van der Waals surface area contributed by atoms with Crippen LogP contribution in [0, 0.1) is 0 Å². The van der Waals surface area contributed by atoms with Gasteiger partial charge in [0.1, 0.15) is 5.75 Å². The number of para-hydroxylation sites is 1. The van der Waals surface area contributed by atoms with Gasteiger partial charge in [-0.1, -0.05) is 23.7 Å². The van der Waals surface area contributed by atoms with Gasteiger partial charge < -0.3 is 14.8 Å². The van der Waals surface area contributed by atoms with Crippen LogP contribution in [0.3, 0.4) is 0 Å². The minimum atomic E-state index is -0.189. The summed E-state index contributed by atoms with van der Waals surface area (Å²) in [5.41, 5.74) is 0.940. The zero-order valence-electron chi connectivity index (χ0n) is 14.0. The molecule has 0 saturated heterocycles. The Morgan fingerprint density at radius 2 is 1.81 bits per heavy atom. The highest BCUT2D eigenvalue weighted by atomic mass is 35.5. The summed E-state index contributed by atoms with van der Waals surface area (Å²) in [5.74, 6) is 0.766. The monoisotopic (exact) mass is 313 g/mol. The fourth-order valence-corrected chi connectivity index (χ4v) is 1.96. The van der Waals surface area contributed by atoms with Gasteiger partial charge in [0.15, 0.2) is 0 Å². The third-order valence-corrected chi connectivity index (χ3v) is 3.66. The van der Waals surface area contributed by atoms with Crippen LogP contribution in [0.4, 0.5) is 0 Å². The smallest absolute Gasteiger partial charge is 0.142 e. The number of halogens is 1. The zero-order valence-corrected chi connectivity index (χ0v) is 14.8. The Labute approximate surface area is 134 Å². The number of rotatable bonds is 7. The molecule has 1 N–H and O–H groups in total. The SMILES string of the molecule is COC(C)(C)CCOc1c(Cl)cccc1CNC(C)(C)C. The molecule has 4 heteroatoms. The molecule has 1 aromatic carbocycles. The fourth-order valence-electron chi connectivity index (χ4n) is 1.72. The van der Waals surface area contributed by atoms with Crippen molar-refractivity contribution in [3.8, 4) is 5.75 Å². The van der Waals surface area contributed by atoms with Crippen LogP contribution >= 0.6 is 11.6 Å². The van der Waals surface area contributed by atoms with Crippen molar-refractivity contribution in [1.29, 1.82) is 0 Å². The summed E-state index contributed by atoms with van der Waals surface area (Å²) < 4.78 is 11.3. The summed E-state index contributed by atoms with van der Waals surface area (Å²) in [6.45, 7) is 11.8. The summed E-state index contributed by atoms with van der Waals surface area (Å²) in [6.07, 6.45) is 0.806. The van der Waals surface area contributed by atoms with E-state index < -0.39 is 0 Å². The first kappa shape index (κ1) is 18.3. The molecule has 0 aliphatic heterocycles. The molecule has 0 aromatic heterocycles. The van der Waals surface area contributed by atoms with Gasteiger partial charge in [0.2, 0.25) is 0 Å². The van der Waals surface area contributed by atoms with Gasteiger partial charge in [0, 0.05) is 31.2 Å². The first-order chi connectivity index (χ1) is 9.64. The lowest BCUT2D eigenvalue weighted by Crippen LogP contribution is -2.35. The summed E-state index contributed by atoms with van der Waals surface area (Å²) >= 11 is 6.28. The van der Waals surface area contributed by atoms with Crippen molar-refractivity contribution >= 4 is 11.6 Å². The van der Waals surface area contributed by atoms with E-state index in [1.807, 2.05) is 32.0 Å². The molecule has 21 heavy (non-hydrogen) atoms. The Morgan fingerprint density at radius 1 is 1.14 bits per heavy atom. The molecule has 0 radical (unpaired) electrons. The number of ether oxygens (including phenoxy) is 2. The highest BCUT2D eigenvalue weighted by Gasteiger charge is 2.18. The normalized spacial score (nSPS) is 12.5. The maximum Gasteiger partial charge on any atom is 0.142 e.